The van der Waals surface area contributed by atoms with Crippen LogP contribution in [0.3, 0.4) is 0 Å². The Balaban J connectivity index is 1.34. The van der Waals surface area contributed by atoms with Gasteiger partial charge in [0.25, 0.3) is 0 Å². The molecule has 0 aliphatic heterocycles. The summed E-state index contributed by atoms with van der Waals surface area (Å²) in [6, 6.07) is 32.3. The van der Waals surface area contributed by atoms with Crippen molar-refractivity contribution in [2.24, 2.45) is 11.8 Å². The Labute approximate surface area is 310 Å². The van der Waals surface area contributed by atoms with Gasteiger partial charge >= 0.3 is 313 Å². The van der Waals surface area contributed by atoms with Gasteiger partial charge in [-0.2, -0.15) is 0 Å². The molecule has 0 amide bonds. The molecule has 4 aliphatic rings. The van der Waals surface area contributed by atoms with Crippen LogP contribution >= 0.6 is 17.0 Å². The van der Waals surface area contributed by atoms with Crippen molar-refractivity contribution in [2.45, 2.75) is 98.4 Å². The SMILES string of the molecule is Cc1ccc(-c2cccc3c2C=C(CC2CCCC2)[CH]3[Zr]([Cl])([Cl])([CH]2C(CC3CCCC3)=Cc3c(-c4ccc(C)cc4)cccc32)[SiH](C)C)cc1. The van der Waals surface area contributed by atoms with Gasteiger partial charge in [-0.25, -0.2) is 0 Å². The van der Waals surface area contributed by atoms with Crippen LogP contribution in [0.5, 0.6) is 0 Å². The van der Waals surface area contributed by atoms with E-state index in [-0.39, 0.29) is 7.25 Å². The zero-order chi connectivity index (χ0) is 34.6. The molecule has 4 heteroatoms. The van der Waals surface area contributed by atoms with Crippen LogP contribution in [0.15, 0.2) is 96.1 Å². The summed E-state index contributed by atoms with van der Waals surface area (Å²) < 4.78 is 0.303. The monoisotopic (exact) mass is 793 g/mol. The summed E-state index contributed by atoms with van der Waals surface area (Å²) in [5.74, 6) is -0.173. The summed E-state index contributed by atoms with van der Waals surface area (Å²) >= 11 is -4.90. The predicted molar refractivity (Wildman–Crippen MR) is 218 cm³/mol. The number of hydrogen-bond acceptors (Lipinski definition) is 0. The first-order valence-corrected chi connectivity index (χ1v) is 35.8. The zero-order valence-electron chi connectivity index (χ0n) is 30.5. The van der Waals surface area contributed by atoms with Crippen molar-refractivity contribution >= 4 is 35.1 Å². The Bertz CT molecular complexity index is 1820. The number of rotatable bonds is 9. The summed E-state index contributed by atoms with van der Waals surface area (Å²) in [5.41, 5.74) is 16.6. The molecule has 2 unspecified atom stereocenters. The van der Waals surface area contributed by atoms with Crippen LogP contribution in [-0.4, -0.2) is 5.92 Å². The third-order valence-electron chi connectivity index (χ3n) is 13.2. The van der Waals surface area contributed by atoms with E-state index in [2.05, 4.69) is 124 Å². The molecule has 0 N–H and O–H groups in total. The minimum atomic E-state index is -4.90. The van der Waals surface area contributed by atoms with Crippen molar-refractivity contribution in [3.63, 3.8) is 0 Å². The molecule has 2 atom stereocenters. The number of aryl methyl sites for hydroxylation is 2. The minimum absolute atomic E-state index is 0.151. The Hall–Kier alpha value is -1.96. The van der Waals surface area contributed by atoms with Crippen molar-refractivity contribution in [1.29, 1.82) is 0 Å². The van der Waals surface area contributed by atoms with Gasteiger partial charge in [0.15, 0.2) is 0 Å². The van der Waals surface area contributed by atoms with Crippen molar-refractivity contribution in [1.82, 2.24) is 0 Å². The molecule has 0 spiro atoms. The zero-order valence-corrected chi connectivity index (χ0v) is 35.6. The number of fused-ring (bicyclic) bond motifs is 2. The second kappa shape index (κ2) is 13.8. The number of benzene rings is 4. The van der Waals surface area contributed by atoms with Gasteiger partial charge in [-0.05, 0) is 0 Å². The quantitative estimate of drug-likeness (QED) is 0.148. The molecule has 8 rings (SSSR count). The molecule has 259 valence electrons. The predicted octanol–water partition coefficient (Wildman–Crippen LogP) is 14.4. The first-order chi connectivity index (χ1) is 24.1. The summed E-state index contributed by atoms with van der Waals surface area (Å²) in [7, 11) is 17.9. The van der Waals surface area contributed by atoms with Gasteiger partial charge in [0.05, 0.1) is 0 Å². The third-order valence-corrected chi connectivity index (χ3v) is 65.1. The van der Waals surface area contributed by atoms with Gasteiger partial charge in [-0.15, -0.1) is 0 Å². The molecule has 2 saturated carbocycles. The fraction of sp³-hybridized carbons (Fsp3) is 0.391. The van der Waals surface area contributed by atoms with Crippen LogP contribution in [0.1, 0.15) is 105 Å². The Morgan fingerprint density at radius 1 is 0.560 bits per heavy atom. The summed E-state index contributed by atoms with van der Waals surface area (Å²) in [5, 5.41) is 0. The second-order valence-electron chi connectivity index (χ2n) is 16.7. The van der Waals surface area contributed by atoms with Crippen molar-refractivity contribution in [2.75, 3.05) is 0 Å². The molecule has 0 heterocycles. The van der Waals surface area contributed by atoms with Crippen LogP contribution in [0, 0.1) is 25.7 Å². The van der Waals surface area contributed by atoms with Gasteiger partial charge in [-0.1, -0.05) is 0 Å². The van der Waals surface area contributed by atoms with Crippen molar-refractivity contribution in [3.8, 4) is 22.3 Å². The van der Waals surface area contributed by atoms with Crippen molar-refractivity contribution < 1.29 is 15.6 Å². The molecule has 0 bridgehead atoms. The first kappa shape index (κ1) is 35.1. The van der Waals surface area contributed by atoms with Crippen LogP contribution in [0.2, 0.25) is 13.1 Å². The van der Waals surface area contributed by atoms with Gasteiger partial charge in [0, 0.05) is 0 Å². The molecule has 4 aliphatic carbocycles. The molecule has 2 fully saturated rings. The van der Waals surface area contributed by atoms with E-state index in [0.717, 1.165) is 24.7 Å². The van der Waals surface area contributed by atoms with Gasteiger partial charge in [0.2, 0.25) is 0 Å². The van der Waals surface area contributed by atoms with Gasteiger partial charge in [-0.3, -0.25) is 0 Å². The van der Waals surface area contributed by atoms with Crippen LogP contribution in [0.4, 0.5) is 0 Å². The summed E-state index contributed by atoms with van der Waals surface area (Å²) in [4.78, 5) is 0. The molecule has 50 heavy (non-hydrogen) atoms. The van der Waals surface area contributed by atoms with Crippen LogP contribution in [0.25, 0.3) is 34.4 Å². The van der Waals surface area contributed by atoms with E-state index in [4.69, 9.17) is 17.0 Å². The van der Waals surface area contributed by atoms with E-state index in [1.54, 1.807) is 11.1 Å². The fourth-order valence-corrected chi connectivity index (χ4v) is 41.9. The molecule has 4 aromatic carbocycles. The number of allylic oxidation sites excluding steroid dienone is 2. The molecular weight excluding hydrogens is 743 g/mol. The van der Waals surface area contributed by atoms with E-state index >= 15 is 0 Å². The normalized spacial score (nSPS) is 21.6. The van der Waals surface area contributed by atoms with Gasteiger partial charge < -0.3 is 0 Å². The van der Waals surface area contributed by atoms with Crippen LogP contribution < -0.4 is 0 Å². The Morgan fingerprint density at radius 3 is 1.30 bits per heavy atom. The Kier molecular flexibility index (Phi) is 9.68. The molecule has 0 saturated heterocycles. The number of halogens is 2. The molecule has 4 aromatic rings. The first-order valence-electron chi connectivity index (χ1n) is 19.5. The molecule has 0 nitrogen and oxygen atoms in total. The second-order valence-corrected chi connectivity index (χ2v) is 59.3. The molecular formula is C46H53Cl2SiZr. The van der Waals surface area contributed by atoms with Gasteiger partial charge in [0.1, 0.15) is 0 Å². The third kappa shape index (κ3) is 6.07. The Morgan fingerprint density at radius 2 is 0.940 bits per heavy atom. The standard InChI is InChI=1S/2C22H23.C2H7Si.2ClH.Zr/c2*1-16-9-11-19(12-10-16)21-8-4-7-20-14-18(15-22(20)21)13-17-5-2-3-6-17;1-3-2;;;/h2*4,7-12,14-15,17H,2-3,5-6,13H2,1H3;3H,1-2H3;2*1H;/q;;;;;+2/p-2. The van der Waals surface area contributed by atoms with Crippen molar-refractivity contribution in [3.05, 3.63) is 129 Å². The van der Waals surface area contributed by atoms with E-state index < -0.39 is 21.5 Å². The molecule has 0 radical (unpaired) electrons. The maximum atomic E-state index is 8.95. The average Bonchev–Trinajstić information content (AvgIpc) is 3.92. The van der Waals surface area contributed by atoms with E-state index in [1.807, 2.05) is 0 Å². The summed E-state index contributed by atoms with van der Waals surface area (Å²) in [6.07, 6.45) is 18.2. The average molecular weight is 796 g/mol. The van der Waals surface area contributed by atoms with E-state index in [9.17, 15) is 0 Å². The topological polar surface area (TPSA) is 0 Å². The molecule has 0 aromatic heterocycles. The fourth-order valence-electron chi connectivity index (χ4n) is 10.5. The maximum absolute atomic E-state index is 8.95. The number of hydrogen-bond donors (Lipinski definition) is 0. The van der Waals surface area contributed by atoms with E-state index in [0.29, 0.717) is 0 Å². The van der Waals surface area contributed by atoms with Crippen LogP contribution in [-0.2, 0) is 15.6 Å². The van der Waals surface area contributed by atoms with E-state index in [1.165, 1.54) is 107 Å². The summed E-state index contributed by atoms with van der Waals surface area (Å²) in [6.45, 7) is 9.40.